The summed E-state index contributed by atoms with van der Waals surface area (Å²) in [5.41, 5.74) is 0. The van der Waals surface area contributed by atoms with Crippen LogP contribution in [0.5, 0.6) is 0 Å². The summed E-state index contributed by atoms with van der Waals surface area (Å²) >= 11 is 0. The molecule has 0 heterocycles. The van der Waals surface area contributed by atoms with Crippen LogP contribution in [0.2, 0.25) is 0 Å². The molecular formula is HKNaO8P2V-5. The molecule has 0 saturated heterocycles. The molecule has 0 bridgehead atoms. The zero-order valence-corrected chi connectivity index (χ0v) is 14.9. The Morgan fingerprint density at radius 1 is 0.769 bits per heavy atom. The SMILES string of the molecule is O=P([O-])([O-])[O-].O=P([O-])([O-])[O-].[H-].[K+].[Na+].[V]. The Kier molecular flexibility index (Phi) is 31.1. The molecule has 13 heteroatoms. The molecule has 0 amide bonds. The van der Waals surface area contributed by atoms with Gasteiger partial charge in [0.05, 0.1) is 0 Å². The van der Waals surface area contributed by atoms with Crippen molar-refractivity contribution in [1.29, 1.82) is 0 Å². The Morgan fingerprint density at radius 2 is 0.769 bits per heavy atom. The molecule has 0 aliphatic heterocycles. The summed E-state index contributed by atoms with van der Waals surface area (Å²) in [5, 5.41) is 0. The Hall–Kier alpha value is 3.44. The van der Waals surface area contributed by atoms with Crippen molar-refractivity contribution in [1.82, 2.24) is 0 Å². The maximum atomic E-state index is 8.55. The molecule has 0 N–H and O–H groups in total. The van der Waals surface area contributed by atoms with Gasteiger partial charge in [0.25, 0.3) is 0 Å². The molecule has 13 heavy (non-hydrogen) atoms. The van der Waals surface area contributed by atoms with E-state index < -0.39 is 15.6 Å². The zero-order chi connectivity index (χ0) is 9.00. The molecule has 0 unspecified atom stereocenters. The predicted octanol–water partition coefficient (Wildman–Crippen LogP) is -11.5. The molecule has 0 atom stereocenters. The van der Waals surface area contributed by atoms with Crippen LogP contribution in [0.4, 0.5) is 0 Å². The molecule has 0 rings (SSSR count). The van der Waals surface area contributed by atoms with Crippen molar-refractivity contribution in [2.45, 2.75) is 0 Å². The largest absolute Gasteiger partial charge is 1.00 e. The van der Waals surface area contributed by atoms with E-state index in [1.165, 1.54) is 0 Å². The van der Waals surface area contributed by atoms with Gasteiger partial charge in [0, 0.05) is 18.6 Å². The van der Waals surface area contributed by atoms with Crippen LogP contribution in [0.1, 0.15) is 1.43 Å². The van der Waals surface area contributed by atoms with Crippen LogP contribution in [-0.2, 0) is 27.7 Å². The van der Waals surface area contributed by atoms with Crippen molar-refractivity contribution >= 4 is 15.6 Å². The Bertz CT molecular complexity index is 140. The Labute approximate surface area is 152 Å². The van der Waals surface area contributed by atoms with Crippen molar-refractivity contribution in [3.8, 4) is 0 Å². The van der Waals surface area contributed by atoms with Gasteiger partial charge in [-0.3, -0.25) is 0 Å². The van der Waals surface area contributed by atoms with Crippen LogP contribution >= 0.6 is 15.6 Å². The molecule has 0 saturated carbocycles. The third-order valence-electron chi connectivity index (χ3n) is 0. The molecule has 0 aromatic carbocycles. The van der Waals surface area contributed by atoms with Gasteiger partial charge in [-0.25, -0.2) is 0 Å². The van der Waals surface area contributed by atoms with E-state index in [-0.39, 0.29) is 101 Å². The normalized spacial score (nSPS) is 9.08. The molecule has 0 spiro atoms. The van der Waals surface area contributed by atoms with E-state index in [4.69, 9.17) is 38.5 Å². The van der Waals surface area contributed by atoms with E-state index in [1.807, 2.05) is 0 Å². The van der Waals surface area contributed by atoms with Crippen molar-refractivity contribution in [2.75, 3.05) is 0 Å². The van der Waals surface area contributed by atoms with Gasteiger partial charge in [-0.15, -0.1) is 0 Å². The van der Waals surface area contributed by atoms with E-state index in [2.05, 4.69) is 0 Å². The fourth-order valence-corrected chi connectivity index (χ4v) is 0. The van der Waals surface area contributed by atoms with Gasteiger partial charge in [0.2, 0.25) is 0 Å². The van der Waals surface area contributed by atoms with Gasteiger partial charge in [-0.2, -0.15) is 15.6 Å². The van der Waals surface area contributed by atoms with Gasteiger partial charge in [-0.05, 0) is 0 Å². The molecule has 0 fully saturated rings. The van der Waals surface area contributed by atoms with E-state index in [9.17, 15) is 0 Å². The van der Waals surface area contributed by atoms with Crippen molar-refractivity contribution in [3.63, 3.8) is 0 Å². The first-order valence-corrected chi connectivity index (χ1v) is 4.38. The molecule has 0 aromatic rings. The van der Waals surface area contributed by atoms with Crippen LogP contribution in [0.3, 0.4) is 0 Å². The number of phosphoric acid groups is 2. The Balaban J connectivity index is -0.0000000178. The first-order valence-electron chi connectivity index (χ1n) is 1.46. The summed E-state index contributed by atoms with van der Waals surface area (Å²) in [7, 11) is -10.8. The fraction of sp³-hybridized carbons (Fsp3) is 0. The molecule has 8 nitrogen and oxygen atoms in total. The Morgan fingerprint density at radius 3 is 0.769 bits per heavy atom. The summed E-state index contributed by atoms with van der Waals surface area (Å²) in [6.45, 7) is 0. The van der Waals surface area contributed by atoms with Crippen molar-refractivity contribution in [3.05, 3.63) is 0 Å². The topological polar surface area (TPSA) is 172 Å². The fourth-order valence-electron chi connectivity index (χ4n) is 0. The van der Waals surface area contributed by atoms with E-state index >= 15 is 0 Å². The van der Waals surface area contributed by atoms with Crippen LogP contribution in [0.15, 0.2) is 0 Å². The van der Waals surface area contributed by atoms with E-state index in [0.717, 1.165) is 0 Å². The number of hydrogen-bond donors (Lipinski definition) is 0. The van der Waals surface area contributed by atoms with E-state index in [0.29, 0.717) is 0 Å². The monoisotopic (exact) mass is 304 g/mol. The van der Waals surface area contributed by atoms with Crippen LogP contribution in [0.25, 0.3) is 0 Å². The van der Waals surface area contributed by atoms with Gasteiger partial charge in [0.15, 0.2) is 0 Å². The zero-order valence-electron chi connectivity index (χ0n) is 7.61. The third-order valence-corrected chi connectivity index (χ3v) is 0. The van der Waals surface area contributed by atoms with E-state index in [1.54, 1.807) is 0 Å². The average molecular weight is 304 g/mol. The first kappa shape index (κ1) is 29.9. The standard InChI is InChI=1S/K.Na.2H3O4P.V.H/c;;2*1-5(2,3)4;;/h;;2*(H3,1,2,3,4);;/q2*+1;;;;-1/p-6. The number of hydrogen-bond acceptors (Lipinski definition) is 8. The van der Waals surface area contributed by atoms with Crippen molar-refractivity contribution < 1.29 is 139 Å². The maximum absolute atomic E-state index is 8.55. The minimum absolute atomic E-state index is 0. The van der Waals surface area contributed by atoms with Gasteiger partial charge >= 0.3 is 80.9 Å². The maximum Gasteiger partial charge on any atom is 1.00 e. The molecule has 1 radical (unpaired) electrons. The van der Waals surface area contributed by atoms with Crippen molar-refractivity contribution in [2.24, 2.45) is 0 Å². The summed E-state index contributed by atoms with van der Waals surface area (Å²) in [5.74, 6) is 0. The molecule has 0 aliphatic carbocycles. The second-order valence-corrected chi connectivity index (χ2v) is 2.68. The van der Waals surface area contributed by atoms with Gasteiger partial charge in [-0.1, -0.05) is 0 Å². The second-order valence-electron chi connectivity index (χ2n) is 0.894. The third kappa shape index (κ3) is 236. The van der Waals surface area contributed by atoms with Crippen LogP contribution in [-0.4, -0.2) is 0 Å². The summed E-state index contributed by atoms with van der Waals surface area (Å²) in [4.78, 5) is 51.3. The van der Waals surface area contributed by atoms with Crippen LogP contribution in [0, 0.1) is 0 Å². The molecule has 0 aliphatic rings. The second kappa shape index (κ2) is 13.5. The smallest absolute Gasteiger partial charge is 1.00 e. The summed E-state index contributed by atoms with van der Waals surface area (Å²) in [6.07, 6.45) is 0. The molecular weight excluding hydrogens is 303 g/mol. The molecule has 0 aromatic heterocycles. The summed E-state index contributed by atoms with van der Waals surface area (Å²) < 4.78 is 17.1. The van der Waals surface area contributed by atoms with Gasteiger partial charge in [0.1, 0.15) is 0 Å². The minimum atomic E-state index is -5.39. The predicted molar refractivity (Wildman–Crippen MR) is 16.3 cm³/mol. The molecule has 71 valence electrons. The first-order chi connectivity index (χ1) is 4.00. The quantitative estimate of drug-likeness (QED) is 0.313. The van der Waals surface area contributed by atoms with Crippen LogP contribution < -0.4 is 110 Å². The van der Waals surface area contributed by atoms with Gasteiger partial charge < -0.3 is 39.9 Å². The average Bonchev–Trinajstić information content (AvgIpc) is 1.12. The summed E-state index contributed by atoms with van der Waals surface area (Å²) in [6, 6.07) is 0. The number of rotatable bonds is 0. The minimum Gasteiger partial charge on any atom is -1.00 e.